The lowest BCUT2D eigenvalue weighted by atomic mass is 10.2. The fraction of sp³-hybridized carbons (Fsp3) is 0.769. The van der Waals surface area contributed by atoms with E-state index in [2.05, 4.69) is 27.8 Å². The molecule has 0 saturated heterocycles. The summed E-state index contributed by atoms with van der Waals surface area (Å²) in [6.45, 7) is 0.129. The number of halogens is 3. The second-order valence-corrected chi connectivity index (χ2v) is 4.99. The SMILES string of the molecule is CN=C(NCCCN(C)CC(F)(F)F)NC1CC=CC1. The highest BCUT2D eigenvalue weighted by Gasteiger charge is 2.28. The van der Waals surface area contributed by atoms with Crippen molar-refractivity contribution in [1.29, 1.82) is 0 Å². The standard InChI is InChI=1S/C13H23F3N4/c1-17-12(19-11-6-3-4-7-11)18-8-5-9-20(2)10-13(14,15)16/h3-4,11H,5-10H2,1-2H3,(H2,17,18,19). The molecule has 4 nitrogen and oxygen atoms in total. The Morgan fingerprint density at radius 3 is 2.55 bits per heavy atom. The van der Waals surface area contributed by atoms with Gasteiger partial charge in [-0.25, -0.2) is 0 Å². The van der Waals surface area contributed by atoms with Gasteiger partial charge in [0.05, 0.1) is 6.54 Å². The number of hydrogen-bond donors (Lipinski definition) is 2. The van der Waals surface area contributed by atoms with E-state index in [1.807, 2.05) is 0 Å². The lowest BCUT2D eigenvalue weighted by molar-refractivity contribution is -0.143. The second-order valence-electron chi connectivity index (χ2n) is 4.99. The molecule has 0 unspecified atom stereocenters. The number of alkyl halides is 3. The number of aliphatic imine (C=N–C) groups is 1. The maximum absolute atomic E-state index is 12.1. The first-order valence-electron chi connectivity index (χ1n) is 6.78. The third-order valence-corrected chi connectivity index (χ3v) is 3.03. The highest BCUT2D eigenvalue weighted by atomic mass is 19.4. The first-order valence-corrected chi connectivity index (χ1v) is 6.78. The number of guanidine groups is 1. The Morgan fingerprint density at radius 1 is 1.35 bits per heavy atom. The summed E-state index contributed by atoms with van der Waals surface area (Å²) in [4.78, 5) is 5.38. The van der Waals surface area contributed by atoms with E-state index in [1.165, 1.54) is 11.9 Å². The lowest BCUT2D eigenvalue weighted by Crippen LogP contribution is -2.43. The van der Waals surface area contributed by atoms with Gasteiger partial charge in [0.25, 0.3) is 0 Å². The van der Waals surface area contributed by atoms with Crippen LogP contribution in [0.4, 0.5) is 13.2 Å². The monoisotopic (exact) mass is 292 g/mol. The molecule has 20 heavy (non-hydrogen) atoms. The summed E-state index contributed by atoms with van der Waals surface area (Å²) >= 11 is 0. The van der Waals surface area contributed by atoms with Gasteiger partial charge in [0.15, 0.2) is 5.96 Å². The summed E-state index contributed by atoms with van der Waals surface area (Å²) < 4.78 is 36.4. The number of hydrogen-bond acceptors (Lipinski definition) is 2. The molecule has 1 aliphatic carbocycles. The predicted molar refractivity (Wildman–Crippen MR) is 74.8 cm³/mol. The van der Waals surface area contributed by atoms with Crippen molar-refractivity contribution in [2.24, 2.45) is 4.99 Å². The topological polar surface area (TPSA) is 39.7 Å². The van der Waals surface area contributed by atoms with Crippen molar-refractivity contribution in [3.63, 3.8) is 0 Å². The van der Waals surface area contributed by atoms with Crippen molar-refractivity contribution in [1.82, 2.24) is 15.5 Å². The van der Waals surface area contributed by atoms with Gasteiger partial charge in [0, 0.05) is 19.6 Å². The molecular formula is C13H23F3N4. The van der Waals surface area contributed by atoms with Gasteiger partial charge in [-0.1, -0.05) is 12.2 Å². The molecule has 7 heteroatoms. The van der Waals surface area contributed by atoms with E-state index >= 15 is 0 Å². The molecule has 1 rings (SSSR count). The molecule has 0 aromatic carbocycles. The van der Waals surface area contributed by atoms with E-state index in [9.17, 15) is 13.2 Å². The van der Waals surface area contributed by atoms with E-state index < -0.39 is 12.7 Å². The van der Waals surface area contributed by atoms with Gasteiger partial charge in [-0.05, 0) is 32.9 Å². The van der Waals surface area contributed by atoms with Crippen LogP contribution in [0.15, 0.2) is 17.1 Å². The maximum atomic E-state index is 12.1. The van der Waals surface area contributed by atoms with Crippen LogP contribution in [0.5, 0.6) is 0 Å². The van der Waals surface area contributed by atoms with E-state index in [0.29, 0.717) is 31.5 Å². The molecule has 0 fully saturated rings. The molecule has 0 spiro atoms. The van der Waals surface area contributed by atoms with Gasteiger partial charge < -0.3 is 10.6 Å². The summed E-state index contributed by atoms with van der Waals surface area (Å²) in [5, 5.41) is 6.39. The fourth-order valence-electron chi connectivity index (χ4n) is 2.06. The molecule has 2 N–H and O–H groups in total. The van der Waals surface area contributed by atoms with Gasteiger partial charge in [-0.15, -0.1) is 0 Å². The van der Waals surface area contributed by atoms with Crippen molar-refractivity contribution >= 4 is 5.96 Å². The Morgan fingerprint density at radius 2 is 2.00 bits per heavy atom. The third-order valence-electron chi connectivity index (χ3n) is 3.03. The lowest BCUT2D eigenvalue weighted by Gasteiger charge is -2.20. The minimum atomic E-state index is -4.13. The first-order chi connectivity index (χ1) is 9.40. The van der Waals surface area contributed by atoms with Crippen molar-refractivity contribution in [3.05, 3.63) is 12.2 Å². The number of nitrogens with zero attached hydrogens (tertiary/aromatic N) is 2. The summed E-state index contributed by atoms with van der Waals surface area (Å²) in [6.07, 6.45) is 2.71. The highest BCUT2D eigenvalue weighted by molar-refractivity contribution is 5.80. The minimum Gasteiger partial charge on any atom is -0.356 e. The maximum Gasteiger partial charge on any atom is 0.401 e. The largest absolute Gasteiger partial charge is 0.401 e. The zero-order valence-corrected chi connectivity index (χ0v) is 12.0. The van der Waals surface area contributed by atoms with Gasteiger partial charge >= 0.3 is 6.18 Å². The molecule has 1 aliphatic rings. The van der Waals surface area contributed by atoms with E-state index in [4.69, 9.17) is 0 Å². The highest BCUT2D eigenvalue weighted by Crippen LogP contribution is 2.15. The third kappa shape index (κ3) is 7.37. The molecule has 0 radical (unpaired) electrons. The Bertz CT molecular complexity index is 331. The summed E-state index contributed by atoms with van der Waals surface area (Å²) in [5.41, 5.74) is 0. The van der Waals surface area contributed by atoms with E-state index in [1.54, 1.807) is 7.05 Å². The molecular weight excluding hydrogens is 269 g/mol. The van der Waals surface area contributed by atoms with Crippen molar-refractivity contribution < 1.29 is 13.2 Å². The van der Waals surface area contributed by atoms with Crippen LogP contribution in [-0.2, 0) is 0 Å². The van der Waals surface area contributed by atoms with Gasteiger partial charge in [-0.3, -0.25) is 9.89 Å². The number of rotatable bonds is 6. The summed E-state index contributed by atoms with van der Waals surface area (Å²) in [7, 11) is 3.16. The fourth-order valence-corrected chi connectivity index (χ4v) is 2.06. The second kappa shape index (κ2) is 8.14. The first kappa shape index (κ1) is 16.8. The van der Waals surface area contributed by atoms with Crippen LogP contribution in [0.2, 0.25) is 0 Å². The molecule has 0 aliphatic heterocycles. The zero-order valence-electron chi connectivity index (χ0n) is 12.0. The molecule has 0 amide bonds. The quantitative estimate of drug-likeness (QED) is 0.339. The van der Waals surface area contributed by atoms with Crippen LogP contribution in [-0.4, -0.2) is 56.8 Å². The smallest absolute Gasteiger partial charge is 0.356 e. The molecule has 0 bridgehead atoms. The normalized spacial score (nSPS) is 17.0. The molecule has 0 saturated carbocycles. The van der Waals surface area contributed by atoms with Gasteiger partial charge in [0.2, 0.25) is 0 Å². The van der Waals surface area contributed by atoms with Crippen LogP contribution in [0.25, 0.3) is 0 Å². The minimum absolute atomic E-state index is 0.370. The van der Waals surface area contributed by atoms with Crippen LogP contribution in [0, 0.1) is 0 Å². The molecule has 0 atom stereocenters. The van der Waals surface area contributed by atoms with E-state index in [-0.39, 0.29) is 0 Å². The molecule has 116 valence electrons. The summed E-state index contributed by atoms with van der Waals surface area (Å²) in [6, 6.07) is 0.370. The average Bonchev–Trinajstić information content (AvgIpc) is 2.83. The Balaban J connectivity index is 2.12. The van der Waals surface area contributed by atoms with Crippen molar-refractivity contribution in [3.8, 4) is 0 Å². The Hall–Kier alpha value is -1.24. The Kier molecular flexibility index (Phi) is 6.84. The summed E-state index contributed by atoms with van der Waals surface area (Å²) in [5.74, 6) is 0.706. The van der Waals surface area contributed by atoms with Crippen LogP contribution in [0.1, 0.15) is 19.3 Å². The van der Waals surface area contributed by atoms with Crippen molar-refractivity contribution in [2.45, 2.75) is 31.5 Å². The zero-order chi connectivity index (χ0) is 15.0. The molecule has 0 aromatic heterocycles. The predicted octanol–water partition coefficient (Wildman–Crippen LogP) is 1.75. The van der Waals surface area contributed by atoms with Gasteiger partial charge in [0.1, 0.15) is 0 Å². The van der Waals surface area contributed by atoms with E-state index in [0.717, 1.165) is 12.8 Å². The number of nitrogens with one attached hydrogen (secondary N) is 2. The van der Waals surface area contributed by atoms with Crippen molar-refractivity contribution in [2.75, 3.05) is 33.7 Å². The average molecular weight is 292 g/mol. The van der Waals surface area contributed by atoms with Gasteiger partial charge in [-0.2, -0.15) is 13.2 Å². The Labute approximate surface area is 118 Å². The van der Waals surface area contributed by atoms with Crippen LogP contribution in [0.3, 0.4) is 0 Å². The van der Waals surface area contributed by atoms with Crippen LogP contribution < -0.4 is 10.6 Å². The molecule has 0 aromatic rings. The van der Waals surface area contributed by atoms with Crippen LogP contribution >= 0.6 is 0 Å². The molecule has 0 heterocycles.